The van der Waals surface area contributed by atoms with Crippen molar-refractivity contribution in [2.45, 2.75) is 52.4 Å². The van der Waals surface area contributed by atoms with Gasteiger partial charge < -0.3 is 9.83 Å². The highest BCUT2D eigenvalue weighted by Crippen LogP contribution is 2.39. The maximum absolute atomic E-state index is 7.01. The molecule has 1 saturated heterocycles. The fourth-order valence-corrected chi connectivity index (χ4v) is 4.88. The molecule has 3 heterocycles. The average molecular weight is 401 g/mol. The Morgan fingerprint density at radius 1 is 1.20 bits per heavy atom. The molecule has 4 nitrogen and oxygen atoms in total. The monoisotopic (exact) mass is 400 g/mol. The molecule has 1 fully saturated rings. The standard InChI is InChI=1S/C26H32N4/c1-17(2)25-23-15-21(20-8-11-30(12-9-20)13-10-27-5)6-7-24(23)29-26(25)22-14-19(4)28-16-18(22)3/h6-7,14-17,20,29H,8-13H2,1-4H3. The van der Waals surface area contributed by atoms with Gasteiger partial charge in [0.2, 0.25) is 6.54 Å². The molecule has 1 aromatic carbocycles. The van der Waals surface area contributed by atoms with E-state index in [1.807, 2.05) is 6.20 Å². The van der Waals surface area contributed by atoms with Crippen LogP contribution in [0.25, 0.3) is 27.0 Å². The molecule has 1 aliphatic rings. The van der Waals surface area contributed by atoms with Crippen LogP contribution in [-0.2, 0) is 0 Å². The van der Waals surface area contributed by atoms with Gasteiger partial charge in [0.05, 0.1) is 12.2 Å². The van der Waals surface area contributed by atoms with Gasteiger partial charge in [0, 0.05) is 28.4 Å². The zero-order valence-corrected chi connectivity index (χ0v) is 18.6. The molecule has 0 unspecified atom stereocenters. The number of rotatable bonds is 5. The molecule has 0 bridgehead atoms. The molecule has 156 valence electrons. The molecule has 0 aliphatic carbocycles. The van der Waals surface area contributed by atoms with E-state index in [0.29, 0.717) is 18.4 Å². The average Bonchev–Trinajstić information content (AvgIpc) is 3.13. The second-order valence-corrected chi connectivity index (χ2v) is 9.01. The zero-order chi connectivity index (χ0) is 21.3. The number of nitrogens with one attached hydrogen (secondary N) is 1. The largest absolute Gasteiger partial charge is 0.354 e. The number of hydrogen-bond acceptors (Lipinski definition) is 2. The van der Waals surface area contributed by atoms with Gasteiger partial charge in [0.15, 0.2) is 0 Å². The first-order valence-corrected chi connectivity index (χ1v) is 11.1. The summed E-state index contributed by atoms with van der Waals surface area (Å²) in [7, 11) is 0. The Hall–Kier alpha value is -2.64. The van der Waals surface area contributed by atoms with Gasteiger partial charge in [-0.3, -0.25) is 9.88 Å². The third-order valence-corrected chi connectivity index (χ3v) is 6.54. The van der Waals surface area contributed by atoms with E-state index < -0.39 is 0 Å². The highest BCUT2D eigenvalue weighted by atomic mass is 15.1. The zero-order valence-electron chi connectivity index (χ0n) is 18.6. The third-order valence-electron chi connectivity index (χ3n) is 6.54. The van der Waals surface area contributed by atoms with Gasteiger partial charge in [-0.05, 0) is 86.5 Å². The van der Waals surface area contributed by atoms with Crippen LogP contribution in [0.1, 0.15) is 60.9 Å². The van der Waals surface area contributed by atoms with Crippen molar-refractivity contribution in [1.82, 2.24) is 14.9 Å². The summed E-state index contributed by atoms with van der Waals surface area (Å²) in [5.74, 6) is 1.05. The van der Waals surface area contributed by atoms with Crippen LogP contribution >= 0.6 is 0 Å². The molecule has 4 rings (SSSR count). The molecule has 0 atom stereocenters. The summed E-state index contributed by atoms with van der Waals surface area (Å²) in [5.41, 5.74) is 8.86. The Kier molecular flexibility index (Phi) is 5.92. The lowest BCUT2D eigenvalue weighted by molar-refractivity contribution is 0.221. The molecule has 0 amide bonds. The lowest BCUT2D eigenvalue weighted by Crippen LogP contribution is -2.34. The van der Waals surface area contributed by atoms with Gasteiger partial charge in [0.1, 0.15) is 0 Å². The van der Waals surface area contributed by atoms with Gasteiger partial charge in [-0.25, -0.2) is 6.57 Å². The molecule has 3 aromatic rings. The first-order chi connectivity index (χ1) is 14.5. The quantitative estimate of drug-likeness (QED) is 0.528. The van der Waals surface area contributed by atoms with Gasteiger partial charge in [-0.15, -0.1) is 0 Å². The van der Waals surface area contributed by atoms with Crippen molar-refractivity contribution in [2.24, 2.45) is 0 Å². The minimum atomic E-state index is 0.437. The number of pyridine rings is 1. The Morgan fingerprint density at radius 3 is 2.67 bits per heavy atom. The van der Waals surface area contributed by atoms with Crippen LogP contribution < -0.4 is 0 Å². The van der Waals surface area contributed by atoms with E-state index in [2.05, 4.69) is 71.7 Å². The van der Waals surface area contributed by atoms with Crippen molar-refractivity contribution >= 4 is 10.9 Å². The second kappa shape index (κ2) is 8.62. The summed E-state index contributed by atoms with van der Waals surface area (Å²) < 4.78 is 0. The maximum atomic E-state index is 7.01. The van der Waals surface area contributed by atoms with E-state index in [1.165, 1.54) is 51.7 Å². The third kappa shape index (κ3) is 4.00. The summed E-state index contributed by atoms with van der Waals surface area (Å²) in [6.45, 7) is 19.5. The minimum Gasteiger partial charge on any atom is -0.354 e. The van der Waals surface area contributed by atoms with Crippen molar-refractivity contribution in [2.75, 3.05) is 26.2 Å². The Bertz CT molecular complexity index is 1080. The summed E-state index contributed by atoms with van der Waals surface area (Å²) >= 11 is 0. The van der Waals surface area contributed by atoms with Crippen LogP contribution in [0, 0.1) is 20.4 Å². The molecule has 0 spiro atoms. The topological polar surface area (TPSA) is 36.3 Å². The van der Waals surface area contributed by atoms with E-state index in [9.17, 15) is 0 Å². The summed E-state index contributed by atoms with van der Waals surface area (Å²) in [5, 5.41) is 1.36. The van der Waals surface area contributed by atoms with Crippen molar-refractivity contribution in [3.05, 3.63) is 64.3 Å². The van der Waals surface area contributed by atoms with E-state index in [4.69, 9.17) is 6.57 Å². The molecule has 2 aromatic heterocycles. The second-order valence-electron chi connectivity index (χ2n) is 9.01. The van der Waals surface area contributed by atoms with Gasteiger partial charge in [-0.2, -0.15) is 0 Å². The van der Waals surface area contributed by atoms with Crippen LogP contribution in [0.5, 0.6) is 0 Å². The minimum absolute atomic E-state index is 0.437. The Labute approximate surface area is 180 Å². The van der Waals surface area contributed by atoms with E-state index in [1.54, 1.807) is 0 Å². The highest BCUT2D eigenvalue weighted by molar-refractivity contribution is 5.92. The molecule has 0 saturated carbocycles. The van der Waals surface area contributed by atoms with Crippen molar-refractivity contribution in [3.8, 4) is 11.3 Å². The van der Waals surface area contributed by atoms with Crippen LogP contribution in [0.15, 0.2) is 30.5 Å². The van der Waals surface area contributed by atoms with E-state index >= 15 is 0 Å². The smallest absolute Gasteiger partial charge is 0.227 e. The number of piperidine rings is 1. The molecule has 4 heteroatoms. The van der Waals surface area contributed by atoms with Crippen LogP contribution in [0.4, 0.5) is 0 Å². The maximum Gasteiger partial charge on any atom is 0.227 e. The number of aromatic nitrogens is 2. The van der Waals surface area contributed by atoms with Crippen LogP contribution in [0.3, 0.4) is 0 Å². The van der Waals surface area contributed by atoms with Gasteiger partial charge in [0.25, 0.3) is 0 Å². The lowest BCUT2D eigenvalue weighted by atomic mass is 9.87. The highest BCUT2D eigenvalue weighted by Gasteiger charge is 2.23. The number of aryl methyl sites for hydroxylation is 2. The Balaban J connectivity index is 1.69. The molecule has 1 aliphatic heterocycles. The molecular weight excluding hydrogens is 368 g/mol. The lowest BCUT2D eigenvalue weighted by Gasteiger charge is -2.31. The normalized spacial score (nSPS) is 15.7. The number of H-pyrrole nitrogens is 1. The number of aromatic amines is 1. The number of hydrogen-bond donors (Lipinski definition) is 1. The molecule has 1 N–H and O–H groups in total. The first-order valence-electron chi connectivity index (χ1n) is 11.1. The number of benzene rings is 1. The number of likely N-dealkylation sites (tertiary alicyclic amines) is 1. The van der Waals surface area contributed by atoms with Gasteiger partial charge in [-0.1, -0.05) is 19.9 Å². The predicted octanol–water partition coefficient (Wildman–Crippen LogP) is 6.07. The van der Waals surface area contributed by atoms with Crippen molar-refractivity contribution < 1.29 is 0 Å². The fourth-order valence-electron chi connectivity index (χ4n) is 4.88. The SMILES string of the molecule is [C-]#[N+]CCN1CCC(c2ccc3[nH]c(-c4cc(C)ncc4C)c(C(C)C)c3c2)CC1. The van der Waals surface area contributed by atoms with E-state index in [0.717, 1.165) is 25.3 Å². The van der Waals surface area contributed by atoms with Gasteiger partial charge >= 0.3 is 0 Å². The fraction of sp³-hybridized carbons (Fsp3) is 0.462. The Morgan fingerprint density at radius 2 is 1.97 bits per heavy atom. The first kappa shape index (κ1) is 20.6. The number of nitrogens with zero attached hydrogens (tertiary/aromatic N) is 3. The molecule has 30 heavy (non-hydrogen) atoms. The number of fused-ring (bicyclic) bond motifs is 1. The van der Waals surface area contributed by atoms with E-state index in [-0.39, 0.29) is 0 Å². The van der Waals surface area contributed by atoms with Crippen molar-refractivity contribution in [1.29, 1.82) is 0 Å². The summed E-state index contributed by atoms with van der Waals surface area (Å²) in [6, 6.07) is 9.23. The van der Waals surface area contributed by atoms with Crippen LogP contribution in [0.2, 0.25) is 0 Å². The predicted molar refractivity (Wildman–Crippen MR) is 125 cm³/mol. The van der Waals surface area contributed by atoms with Crippen molar-refractivity contribution in [3.63, 3.8) is 0 Å². The summed E-state index contributed by atoms with van der Waals surface area (Å²) in [4.78, 5) is 14.1. The van der Waals surface area contributed by atoms with Crippen LogP contribution in [-0.4, -0.2) is 41.0 Å². The molecular formula is C26H32N4. The summed E-state index contributed by atoms with van der Waals surface area (Å²) in [6.07, 6.45) is 4.34. The molecule has 0 radical (unpaired) electrons.